The Morgan fingerprint density at radius 2 is 2.07 bits per heavy atom. The summed E-state index contributed by atoms with van der Waals surface area (Å²) < 4.78 is 5.60. The van der Waals surface area contributed by atoms with Gasteiger partial charge in [0.15, 0.2) is 5.43 Å². The van der Waals surface area contributed by atoms with Gasteiger partial charge in [-0.1, -0.05) is 32.4 Å². The molecule has 1 aliphatic heterocycles. The molecule has 0 unspecified atom stereocenters. The summed E-state index contributed by atoms with van der Waals surface area (Å²) in [6, 6.07) is 5.01. The van der Waals surface area contributed by atoms with Crippen LogP contribution in [-0.4, -0.2) is 21.4 Å². The third kappa shape index (κ3) is 3.50. The fourth-order valence-electron chi connectivity index (χ4n) is 3.46. The summed E-state index contributed by atoms with van der Waals surface area (Å²) in [5.41, 5.74) is 2.18. The maximum Gasteiger partial charge on any atom is 0.255 e. The van der Waals surface area contributed by atoms with E-state index in [0.29, 0.717) is 52.5 Å². The van der Waals surface area contributed by atoms with Crippen LogP contribution < -0.4 is 11.0 Å². The molecule has 1 N–H and O–H groups in total. The van der Waals surface area contributed by atoms with Crippen molar-refractivity contribution in [2.24, 2.45) is 0 Å². The maximum atomic E-state index is 12.8. The van der Waals surface area contributed by atoms with Crippen molar-refractivity contribution in [3.05, 3.63) is 72.7 Å². The molecule has 0 fully saturated rings. The molecule has 0 saturated heterocycles. The van der Waals surface area contributed by atoms with Gasteiger partial charge in [-0.15, -0.1) is 0 Å². The number of aromatic amines is 1. The Morgan fingerprint density at radius 1 is 1.29 bits per heavy atom. The molecule has 3 heterocycles. The van der Waals surface area contributed by atoms with E-state index in [-0.39, 0.29) is 16.4 Å². The zero-order chi connectivity index (χ0) is 20.1. The van der Waals surface area contributed by atoms with E-state index in [0.717, 1.165) is 12.2 Å². The molecule has 0 saturated carbocycles. The lowest BCUT2D eigenvalue weighted by Gasteiger charge is -2.28. The summed E-state index contributed by atoms with van der Waals surface area (Å²) in [7, 11) is 0. The van der Waals surface area contributed by atoms with Crippen LogP contribution in [0, 0.1) is 0 Å². The largest absolute Gasteiger partial charge is 0.464 e. The first-order valence-corrected chi connectivity index (χ1v) is 9.65. The summed E-state index contributed by atoms with van der Waals surface area (Å²) in [5, 5.41) is 0.966. The van der Waals surface area contributed by atoms with E-state index in [1.54, 1.807) is 18.2 Å². The maximum absolute atomic E-state index is 12.8. The topological polar surface area (TPSA) is 79.2 Å². The fraction of sp³-hybridized carbons (Fsp3) is 0.381. The number of halogens is 1. The highest BCUT2D eigenvalue weighted by molar-refractivity contribution is 6.31. The highest BCUT2D eigenvalue weighted by Crippen LogP contribution is 2.22. The van der Waals surface area contributed by atoms with Crippen LogP contribution in [0.15, 0.2) is 38.5 Å². The van der Waals surface area contributed by atoms with Gasteiger partial charge in [0.2, 0.25) is 0 Å². The van der Waals surface area contributed by atoms with Crippen molar-refractivity contribution < 1.29 is 4.42 Å². The summed E-state index contributed by atoms with van der Waals surface area (Å²) in [4.78, 5) is 35.0. The van der Waals surface area contributed by atoms with E-state index in [4.69, 9.17) is 16.0 Å². The van der Waals surface area contributed by atoms with Crippen LogP contribution >= 0.6 is 11.6 Å². The molecule has 28 heavy (non-hydrogen) atoms. The first-order chi connectivity index (χ1) is 13.2. The average molecular weight is 400 g/mol. The predicted molar refractivity (Wildman–Crippen MR) is 109 cm³/mol. The van der Waals surface area contributed by atoms with Gasteiger partial charge >= 0.3 is 0 Å². The number of fused-ring (bicyclic) bond motifs is 2. The first kappa shape index (κ1) is 18.9. The number of H-pyrrole nitrogens is 1. The van der Waals surface area contributed by atoms with E-state index in [2.05, 4.69) is 14.9 Å². The van der Waals surface area contributed by atoms with E-state index >= 15 is 0 Å². The lowest BCUT2D eigenvalue weighted by molar-refractivity contribution is 0.238. The van der Waals surface area contributed by atoms with Gasteiger partial charge < -0.3 is 9.40 Å². The minimum absolute atomic E-state index is 0.0929. The van der Waals surface area contributed by atoms with Gasteiger partial charge in [-0.3, -0.25) is 14.5 Å². The highest BCUT2D eigenvalue weighted by Gasteiger charge is 2.25. The zero-order valence-corrected chi connectivity index (χ0v) is 16.9. The molecule has 1 aromatic carbocycles. The van der Waals surface area contributed by atoms with Crippen LogP contribution in [0.4, 0.5) is 0 Å². The monoisotopic (exact) mass is 399 g/mol. The van der Waals surface area contributed by atoms with Crippen LogP contribution in [-0.2, 0) is 24.9 Å². The van der Waals surface area contributed by atoms with Gasteiger partial charge in [0.1, 0.15) is 11.4 Å². The second-order valence-electron chi connectivity index (χ2n) is 8.28. The molecule has 0 amide bonds. The molecule has 7 heteroatoms. The Morgan fingerprint density at radius 3 is 2.82 bits per heavy atom. The summed E-state index contributed by atoms with van der Waals surface area (Å²) in [6.45, 7) is 7.66. The number of nitrogens with zero attached hydrogens (tertiary/aromatic N) is 2. The molecule has 0 atom stereocenters. The van der Waals surface area contributed by atoms with Crippen molar-refractivity contribution in [2.75, 3.05) is 6.54 Å². The number of hydrogen-bond donors (Lipinski definition) is 1. The molecule has 0 bridgehead atoms. The standard InChI is InChI=1S/C21H22ClN3O3/c1-21(2,3)20-23-16-6-7-25(10-15(16)19(27)24-20)9-12-11-28-17-5-4-13(22)8-14(17)18(12)26/h4-5,8,11H,6-7,9-10H2,1-3H3,(H,23,24,27). The third-order valence-corrected chi connectivity index (χ3v) is 5.29. The average Bonchev–Trinajstić information content (AvgIpc) is 2.64. The smallest absolute Gasteiger partial charge is 0.255 e. The van der Waals surface area contributed by atoms with Gasteiger partial charge in [0.25, 0.3) is 5.56 Å². The molecular weight excluding hydrogens is 378 g/mol. The van der Waals surface area contributed by atoms with Crippen molar-refractivity contribution in [3.8, 4) is 0 Å². The molecule has 6 nitrogen and oxygen atoms in total. The van der Waals surface area contributed by atoms with Gasteiger partial charge in [-0.2, -0.15) is 0 Å². The van der Waals surface area contributed by atoms with Crippen molar-refractivity contribution in [1.29, 1.82) is 0 Å². The fourth-order valence-corrected chi connectivity index (χ4v) is 3.64. The molecule has 1 aliphatic rings. The SMILES string of the molecule is CC(C)(C)c1nc2c(c(=O)[nH]1)CN(Cc1coc3ccc(Cl)cc3c1=O)CC2. The molecule has 4 rings (SSSR count). The minimum atomic E-state index is -0.212. The summed E-state index contributed by atoms with van der Waals surface area (Å²) in [6.07, 6.45) is 2.17. The van der Waals surface area contributed by atoms with Crippen LogP contribution in [0.2, 0.25) is 5.02 Å². The Labute approximate surface area is 167 Å². The van der Waals surface area contributed by atoms with Crippen molar-refractivity contribution >= 4 is 22.6 Å². The van der Waals surface area contributed by atoms with Gasteiger partial charge in [-0.25, -0.2) is 4.98 Å². The molecule has 3 aromatic rings. The highest BCUT2D eigenvalue weighted by atomic mass is 35.5. The number of rotatable bonds is 2. The molecule has 0 radical (unpaired) electrons. The number of hydrogen-bond acceptors (Lipinski definition) is 5. The number of benzene rings is 1. The normalized spacial score (nSPS) is 15.0. The second kappa shape index (κ2) is 6.87. The van der Waals surface area contributed by atoms with Crippen LogP contribution in [0.1, 0.15) is 43.4 Å². The van der Waals surface area contributed by atoms with Gasteiger partial charge in [-0.05, 0) is 18.2 Å². The quantitative estimate of drug-likeness (QED) is 0.714. The number of nitrogens with one attached hydrogen (secondary N) is 1. The molecule has 146 valence electrons. The van der Waals surface area contributed by atoms with E-state index in [9.17, 15) is 9.59 Å². The Kier molecular flexibility index (Phi) is 4.63. The number of aromatic nitrogens is 2. The minimum Gasteiger partial charge on any atom is -0.464 e. The van der Waals surface area contributed by atoms with Crippen LogP contribution in [0.5, 0.6) is 0 Å². The second-order valence-corrected chi connectivity index (χ2v) is 8.72. The summed E-state index contributed by atoms with van der Waals surface area (Å²) in [5.74, 6) is 0.705. The molecule has 2 aromatic heterocycles. The molecular formula is C21H22ClN3O3. The Bertz CT molecular complexity index is 1170. The van der Waals surface area contributed by atoms with Gasteiger partial charge in [0.05, 0.1) is 22.9 Å². The summed E-state index contributed by atoms with van der Waals surface area (Å²) >= 11 is 6.02. The first-order valence-electron chi connectivity index (χ1n) is 9.27. The lowest BCUT2D eigenvalue weighted by atomic mass is 9.95. The molecule has 0 aliphatic carbocycles. The van der Waals surface area contributed by atoms with Crippen molar-refractivity contribution in [3.63, 3.8) is 0 Å². The van der Waals surface area contributed by atoms with Crippen molar-refractivity contribution in [2.45, 2.75) is 45.7 Å². The van der Waals surface area contributed by atoms with Crippen molar-refractivity contribution in [1.82, 2.24) is 14.9 Å². The van der Waals surface area contributed by atoms with E-state index in [1.165, 1.54) is 6.26 Å². The Hall–Kier alpha value is -2.44. The lowest BCUT2D eigenvalue weighted by Crippen LogP contribution is -2.37. The van der Waals surface area contributed by atoms with Crippen LogP contribution in [0.3, 0.4) is 0 Å². The Balaban J connectivity index is 1.62. The van der Waals surface area contributed by atoms with Crippen LogP contribution in [0.25, 0.3) is 11.0 Å². The zero-order valence-electron chi connectivity index (χ0n) is 16.1. The van der Waals surface area contributed by atoms with E-state index in [1.807, 2.05) is 20.8 Å². The third-order valence-electron chi connectivity index (χ3n) is 5.06. The van der Waals surface area contributed by atoms with Gasteiger partial charge in [0, 0.05) is 42.1 Å². The predicted octanol–water partition coefficient (Wildman–Crippen LogP) is 3.39. The van der Waals surface area contributed by atoms with E-state index < -0.39 is 0 Å². The molecule has 0 spiro atoms.